The second-order valence-electron chi connectivity index (χ2n) is 4.08. The summed E-state index contributed by atoms with van der Waals surface area (Å²) in [4.78, 5) is 12.8. The normalized spacial score (nSPS) is 9.85. The van der Waals surface area contributed by atoms with E-state index < -0.39 is 0 Å². The molecule has 0 fully saturated rings. The lowest BCUT2D eigenvalue weighted by molar-refractivity contribution is 0.0953. The zero-order chi connectivity index (χ0) is 14.2. The summed E-state index contributed by atoms with van der Waals surface area (Å²) in [7, 11) is 0. The van der Waals surface area contributed by atoms with Gasteiger partial charge >= 0.3 is 0 Å². The molecule has 5 nitrogen and oxygen atoms in total. The molecule has 0 aliphatic heterocycles. The minimum atomic E-state index is -0.0671. The SMILES string of the molecule is NCC#Cc1cc(C(=O)NCCCn2cccn2)cs1. The highest BCUT2D eigenvalue weighted by molar-refractivity contribution is 7.10. The predicted molar refractivity (Wildman–Crippen MR) is 79.4 cm³/mol. The summed E-state index contributed by atoms with van der Waals surface area (Å²) < 4.78 is 1.84. The number of nitrogens with one attached hydrogen (secondary N) is 1. The maximum atomic E-state index is 11.9. The highest BCUT2D eigenvalue weighted by Gasteiger charge is 2.07. The van der Waals surface area contributed by atoms with Crippen molar-refractivity contribution in [3.63, 3.8) is 0 Å². The van der Waals surface area contributed by atoms with Crippen LogP contribution in [0.3, 0.4) is 0 Å². The average molecular weight is 288 g/mol. The lowest BCUT2D eigenvalue weighted by Crippen LogP contribution is -2.24. The van der Waals surface area contributed by atoms with Crippen LogP contribution in [-0.2, 0) is 6.54 Å². The summed E-state index contributed by atoms with van der Waals surface area (Å²) in [6.45, 7) is 1.75. The van der Waals surface area contributed by atoms with Crippen molar-refractivity contribution in [2.24, 2.45) is 5.73 Å². The third-order valence-corrected chi connectivity index (χ3v) is 3.43. The monoisotopic (exact) mass is 288 g/mol. The molecule has 0 bridgehead atoms. The molecule has 0 aliphatic carbocycles. The summed E-state index contributed by atoms with van der Waals surface area (Å²) in [5, 5.41) is 8.80. The van der Waals surface area contributed by atoms with Crippen molar-refractivity contribution in [1.82, 2.24) is 15.1 Å². The van der Waals surface area contributed by atoms with Gasteiger partial charge in [-0.3, -0.25) is 9.48 Å². The third-order valence-electron chi connectivity index (χ3n) is 2.58. The topological polar surface area (TPSA) is 72.9 Å². The number of rotatable bonds is 5. The maximum Gasteiger partial charge on any atom is 0.252 e. The molecule has 20 heavy (non-hydrogen) atoms. The van der Waals surface area contributed by atoms with Crippen LogP contribution in [0, 0.1) is 11.8 Å². The van der Waals surface area contributed by atoms with Crippen LogP contribution in [0.4, 0.5) is 0 Å². The van der Waals surface area contributed by atoms with E-state index in [-0.39, 0.29) is 5.91 Å². The van der Waals surface area contributed by atoms with Crippen molar-refractivity contribution in [3.05, 3.63) is 40.3 Å². The van der Waals surface area contributed by atoms with Crippen LogP contribution in [0.25, 0.3) is 0 Å². The van der Waals surface area contributed by atoms with Crippen molar-refractivity contribution >= 4 is 17.2 Å². The van der Waals surface area contributed by atoms with Crippen LogP contribution in [0.2, 0.25) is 0 Å². The summed E-state index contributed by atoms with van der Waals surface area (Å²) in [5.74, 6) is 5.62. The van der Waals surface area contributed by atoms with Crippen molar-refractivity contribution in [2.75, 3.05) is 13.1 Å². The van der Waals surface area contributed by atoms with Crippen molar-refractivity contribution < 1.29 is 4.79 Å². The first-order valence-electron chi connectivity index (χ1n) is 6.32. The number of thiophene rings is 1. The van der Waals surface area contributed by atoms with E-state index in [0.717, 1.165) is 17.8 Å². The van der Waals surface area contributed by atoms with Gasteiger partial charge in [-0.05, 0) is 18.6 Å². The summed E-state index contributed by atoms with van der Waals surface area (Å²) >= 11 is 1.45. The van der Waals surface area contributed by atoms with Gasteiger partial charge in [-0.1, -0.05) is 11.8 Å². The molecule has 2 rings (SSSR count). The Labute approximate surface area is 121 Å². The van der Waals surface area contributed by atoms with E-state index in [1.807, 2.05) is 22.3 Å². The number of hydrogen-bond donors (Lipinski definition) is 2. The largest absolute Gasteiger partial charge is 0.352 e. The summed E-state index contributed by atoms with van der Waals surface area (Å²) in [6.07, 6.45) is 4.49. The van der Waals surface area contributed by atoms with Crippen LogP contribution >= 0.6 is 11.3 Å². The number of carbonyl (C=O) groups is 1. The Kier molecular flexibility index (Phi) is 5.35. The molecular weight excluding hydrogens is 272 g/mol. The smallest absolute Gasteiger partial charge is 0.252 e. The average Bonchev–Trinajstić information content (AvgIpc) is 3.12. The first kappa shape index (κ1) is 14.3. The van der Waals surface area contributed by atoms with Crippen LogP contribution in [0.5, 0.6) is 0 Å². The van der Waals surface area contributed by atoms with Gasteiger partial charge in [0.05, 0.1) is 17.0 Å². The molecule has 0 radical (unpaired) electrons. The van der Waals surface area contributed by atoms with Crippen molar-refractivity contribution in [3.8, 4) is 11.8 Å². The molecule has 3 N–H and O–H groups in total. The quantitative estimate of drug-likeness (QED) is 0.638. The number of nitrogens with two attached hydrogens (primary N) is 1. The van der Waals surface area contributed by atoms with E-state index in [4.69, 9.17) is 5.73 Å². The van der Waals surface area contributed by atoms with Gasteiger partial charge in [0.15, 0.2) is 0 Å². The fraction of sp³-hybridized carbons (Fsp3) is 0.286. The fourth-order valence-corrected chi connectivity index (χ4v) is 2.39. The highest BCUT2D eigenvalue weighted by Crippen LogP contribution is 2.13. The Hall–Kier alpha value is -2.10. The van der Waals surface area contributed by atoms with E-state index in [2.05, 4.69) is 22.3 Å². The van der Waals surface area contributed by atoms with Crippen LogP contribution < -0.4 is 11.1 Å². The number of aryl methyl sites for hydroxylation is 1. The standard InChI is InChI=1S/C14H16N4OS/c15-5-1-4-13-10-12(11-20-13)14(19)16-6-2-8-18-9-3-7-17-18/h3,7,9-11H,2,5-6,8,15H2,(H,16,19). The maximum absolute atomic E-state index is 11.9. The van der Waals surface area contributed by atoms with Gasteiger partial charge in [0, 0.05) is 30.9 Å². The zero-order valence-corrected chi connectivity index (χ0v) is 11.8. The van der Waals surface area contributed by atoms with E-state index in [1.165, 1.54) is 11.3 Å². The molecule has 0 saturated heterocycles. The van der Waals surface area contributed by atoms with Gasteiger partial charge in [-0.25, -0.2) is 0 Å². The first-order chi connectivity index (χ1) is 9.79. The van der Waals surface area contributed by atoms with E-state index in [9.17, 15) is 4.79 Å². The molecule has 0 saturated carbocycles. The van der Waals surface area contributed by atoms with Crippen LogP contribution in [0.1, 0.15) is 21.7 Å². The number of nitrogens with zero attached hydrogens (tertiary/aromatic N) is 2. The minimum Gasteiger partial charge on any atom is -0.352 e. The molecule has 0 spiro atoms. The van der Waals surface area contributed by atoms with Crippen molar-refractivity contribution in [2.45, 2.75) is 13.0 Å². The van der Waals surface area contributed by atoms with Gasteiger partial charge in [0.25, 0.3) is 5.91 Å². The van der Waals surface area contributed by atoms with Gasteiger partial charge in [0.1, 0.15) is 0 Å². The Morgan fingerprint density at radius 2 is 2.45 bits per heavy atom. The minimum absolute atomic E-state index is 0.0671. The second-order valence-corrected chi connectivity index (χ2v) is 5.00. The molecule has 0 atom stereocenters. The first-order valence-corrected chi connectivity index (χ1v) is 7.20. The van der Waals surface area contributed by atoms with E-state index in [1.54, 1.807) is 12.3 Å². The molecule has 6 heteroatoms. The second kappa shape index (κ2) is 7.48. The third kappa shape index (κ3) is 4.23. The van der Waals surface area contributed by atoms with E-state index >= 15 is 0 Å². The van der Waals surface area contributed by atoms with Crippen LogP contribution in [-0.4, -0.2) is 28.8 Å². The van der Waals surface area contributed by atoms with Gasteiger partial charge in [-0.15, -0.1) is 11.3 Å². The van der Waals surface area contributed by atoms with Crippen LogP contribution in [0.15, 0.2) is 29.9 Å². The summed E-state index contributed by atoms with van der Waals surface area (Å²) in [5.41, 5.74) is 5.96. The molecule has 0 aliphatic rings. The Bertz CT molecular complexity index is 607. The lowest BCUT2D eigenvalue weighted by atomic mass is 10.3. The van der Waals surface area contributed by atoms with Crippen molar-refractivity contribution in [1.29, 1.82) is 0 Å². The lowest BCUT2D eigenvalue weighted by Gasteiger charge is -2.03. The molecule has 2 aromatic rings. The number of carbonyl (C=O) groups excluding carboxylic acids is 1. The highest BCUT2D eigenvalue weighted by atomic mass is 32.1. The molecule has 2 aromatic heterocycles. The molecule has 104 valence electrons. The number of aromatic nitrogens is 2. The van der Waals surface area contributed by atoms with Gasteiger partial charge in [-0.2, -0.15) is 5.10 Å². The van der Waals surface area contributed by atoms with Gasteiger partial charge in [0.2, 0.25) is 0 Å². The number of amides is 1. The zero-order valence-electron chi connectivity index (χ0n) is 11.0. The Balaban J connectivity index is 1.75. The Morgan fingerprint density at radius 3 is 3.20 bits per heavy atom. The van der Waals surface area contributed by atoms with Gasteiger partial charge < -0.3 is 11.1 Å². The molecule has 0 aromatic carbocycles. The molecule has 1 amide bonds. The van der Waals surface area contributed by atoms with E-state index in [0.29, 0.717) is 18.7 Å². The fourth-order valence-electron chi connectivity index (χ4n) is 1.64. The molecule has 0 unspecified atom stereocenters. The predicted octanol–water partition coefficient (Wildman–Crippen LogP) is 1.07. The Morgan fingerprint density at radius 1 is 1.55 bits per heavy atom. The number of hydrogen-bond acceptors (Lipinski definition) is 4. The molecular formula is C14H16N4OS. The summed E-state index contributed by atoms with van der Waals surface area (Å²) in [6, 6.07) is 3.67. The molecule has 2 heterocycles.